The molecule has 18 heavy (non-hydrogen) atoms. The zero-order valence-electron chi connectivity index (χ0n) is 10.4. The third kappa shape index (κ3) is 5.35. The zero-order valence-corrected chi connectivity index (χ0v) is 10.4. The standard InChI is InChI=1S/C12H17F3N2O/c1-9(2)8-18-6-5-16-11-4-3-10(7-17-11)12(13,14)15/h3-4,7,9H,5-6,8H2,1-2H3,(H,16,17). The Bertz CT molecular complexity index is 349. The minimum atomic E-state index is -4.34. The van der Waals surface area contributed by atoms with Gasteiger partial charge < -0.3 is 10.1 Å². The number of hydrogen-bond donors (Lipinski definition) is 1. The normalized spacial score (nSPS) is 11.9. The van der Waals surface area contributed by atoms with Crippen molar-refractivity contribution in [2.75, 3.05) is 25.1 Å². The van der Waals surface area contributed by atoms with E-state index in [2.05, 4.69) is 10.3 Å². The van der Waals surface area contributed by atoms with Crippen LogP contribution in [0.1, 0.15) is 19.4 Å². The summed E-state index contributed by atoms with van der Waals surface area (Å²) in [7, 11) is 0. The summed E-state index contributed by atoms with van der Waals surface area (Å²) in [5.41, 5.74) is -0.746. The monoisotopic (exact) mass is 262 g/mol. The smallest absolute Gasteiger partial charge is 0.379 e. The molecule has 102 valence electrons. The number of nitrogens with one attached hydrogen (secondary N) is 1. The van der Waals surface area contributed by atoms with Gasteiger partial charge in [-0.3, -0.25) is 0 Å². The van der Waals surface area contributed by atoms with Crippen LogP contribution in [0.5, 0.6) is 0 Å². The Morgan fingerprint density at radius 1 is 1.33 bits per heavy atom. The minimum absolute atomic E-state index is 0.413. The molecule has 0 aliphatic carbocycles. The molecule has 1 heterocycles. The van der Waals surface area contributed by atoms with Crippen molar-refractivity contribution in [2.45, 2.75) is 20.0 Å². The maximum atomic E-state index is 12.3. The van der Waals surface area contributed by atoms with Crippen molar-refractivity contribution >= 4 is 5.82 Å². The molecule has 1 rings (SSSR count). The van der Waals surface area contributed by atoms with Gasteiger partial charge in [0.05, 0.1) is 12.2 Å². The number of anilines is 1. The van der Waals surface area contributed by atoms with E-state index in [9.17, 15) is 13.2 Å². The lowest BCUT2D eigenvalue weighted by atomic mass is 10.2. The van der Waals surface area contributed by atoms with Crippen LogP contribution in [-0.2, 0) is 10.9 Å². The van der Waals surface area contributed by atoms with E-state index < -0.39 is 11.7 Å². The van der Waals surface area contributed by atoms with Gasteiger partial charge in [0.2, 0.25) is 0 Å². The summed E-state index contributed by atoms with van der Waals surface area (Å²) in [5.74, 6) is 0.880. The molecule has 0 spiro atoms. The number of hydrogen-bond acceptors (Lipinski definition) is 3. The average molecular weight is 262 g/mol. The Morgan fingerprint density at radius 2 is 2.06 bits per heavy atom. The van der Waals surface area contributed by atoms with E-state index in [1.807, 2.05) is 13.8 Å². The molecule has 0 aromatic carbocycles. The van der Waals surface area contributed by atoms with Gasteiger partial charge in [-0.1, -0.05) is 13.8 Å². The third-order valence-electron chi connectivity index (χ3n) is 2.09. The molecule has 0 aliphatic heterocycles. The summed E-state index contributed by atoms with van der Waals surface area (Å²) in [6, 6.07) is 2.32. The summed E-state index contributed by atoms with van der Waals surface area (Å²) in [5, 5.41) is 2.89. The van der Waals surface area contributed by atoms with E-state index in [0.29, 0.717) is 31.5 Å². The Morgan fingerprint density at radius 3 is 2.56 bits per heavy atom. The Labute approximate surface area is 104 Å². The molecule has 1 aromatic heterocycles. The number of aromatic nitrogens is 1. The summed E-state index contributed by atoms with van der Waals surface area (Å²) in [4.78, 5) is 3.69. The molecule has 0 aliphatic rings. The molecule has 0 saturated heterocycles. The van der Waals surface area contributed by atoms with Crippen LogP contribution in [0.15, 0.2) is 18.3 Å². The van der Waals surface area contributed by atoms with Gasteiger partial charge in [-0.15, -0.1) is 0 Å². The molecule has 0 saturated carbocycles. The molecule has 0 amide bonds. The Hall–Kier alpha value is -1.30. The van der Waals surface area contributed by atoms with Crippen molar-refractivity contribution in [1.29, 1.82) is 0 Å². The first-order chi connectivity index (χ1) is 8.39. The van der Waals surface area contributed by atoms with Crippen LogP contribution in [-0.4, -0.2) is 24.7 Å². The van der Waals surface area contributed by atoms with Crippen molar-refractivity contribution in [3.63, 3.8) is 0 Å². The molecular weight excluding hydrogens is 245 g/mol. The largest absolute Gasteiger partial charge is 0.417 e. The lowest BCUT2D eigenvalue weighted by Gasteiger charge is -2.09. The van der Waals surface area contributed by atoms with Crippen LogP contribution in [0.4, 0.5) is 19.0 Å². The predicted molar refractivity (Wildman–Crippen MR) is 63.4 cm³/mol. The SMILES string of the molecule is CC(C)COCCNc1ccc(C(F)(F)F)cn1. The number of nitrogens with zero attached hydrogens (tertiary/aromatic N) is 1. The molecule has 0 atom stereocenters. The van der Waals surface area contributed by atoms with Crippen molar-refractivity contribution in [1.82, 2.24) is 4.98 Å². The second-order valence-electron chi connectivity index (χ2n) is 4.33. The van der Waals surface area contributed by atoms with Gasteiger partial charge in [-0.05, 0) is 18.1 Å². The van der Waals surface area contributed by atoms with E-state index in [1.54, 1.807) is 0 Å². The number of alkyl halides is 3. The molecule has 1 N–H and O–H groups in total. The van der Waals surface area contributed by atoms with Gasteiger partial charge in [-0.2, -0.15) is 13.2 Å². The van der Waals surface area contributed by atoms with Crippen molar-refractivity contribution in [3.05, 3.63) is 23.9 Å². The van der Waals surface area contributed by atoms with Gasteiger partial charge in [-0.25, -0.2) is 4.98 Å². The number of ether oxygens (including phenoxy) is 1. The molecule has 0 radical (unpaired) electrons. The second-order valence-corrected chi connectivity index (χ2v) is 4.33. The predicted octanol–water partition coefficient (Wildman–Crippen LogP) is 3.18. The van der Waals surface area contributed by atoms with E-state index in [1.165, 1.54) is 6.07 Å². The summed E-state index contributed by atoms with van der Waals surface area (Å²) < 4.78 is 42.1. The van der Waals surface area contributed by atoms with Crippen LogP contribution in [0.2, 0.25) is 0 Å². The van der Waals surface area contributed by atoms with Crippen LogP contribution in [0.25, 0.3) is 0 Å². The summed E-state index contributed by atoms with van der Waals surface area (Å²) in [6.07, 6.45) is -3.52. The van der Waals surface area contributed by atoms with Crippen molar-refractivity contribution < 1.29 is 17.9 Å². The molecule has 1 aromatic rings. The van der Waals surface area contributed by atoms with Gasteiger partial charge in [0.1, 0.15) is 5.82 Å². The second kappa shape index (κ2) is 6.58. The molecule has 3 nitrogen and oxygen atoms in total. The maximum Gasteiger partial charge on any atom is 0.417 e. The zero-order chi connectivity index (χ0) is 13.6. The molecule has 6 heteroatoms. The Balaban J connectivity index is 2.31. The average Bonchev–Trinajstić information content (AvgIpc) is 2.27. The van der Waals surface area contributed by atoms with Gasteiger partial charge in [0, 0.05) is 19.3 Å². The first-order valence-electron chi connectivity index (χ1n) is 5.74. The number of pyridine rings is 1. The van der Waals surface area contributed by atoms with Crippen LogP contribution in [0, 0.1) is 5.92 Å². The van der Waals surface area contributed by atoms with E-state index >= 15 is 0 Å². The van der Waals surface area contributed by atoms with Gasteiger partial charge >= 0.3 is 6.18 Å². The maximum absolute atomic E-state index is 12.3. The summed E-state index contributed by atoms with van der Waals surface area (Å²) >= 11 is 0. The van der Waals surface area contributed by atoms with Crippen molar-refractivity contribution in [2.24, 2.45) is 5.92 Å². The first kappa shape index (κ1) is 14.8. The molecule has 0 bridgehead atoms. The Kier molecular flexibility index (Phi) is 5.40. The number of halogens is 3. The van der Waals surface area contributed by atoms with E-state index in [4.69, 9.17) is 4.74 Å². The third-order valence-corrected chi connectivity index (χ3v) is 2.09. The van der Waals surface area contributed by atoms with Crippen LogP contribution in [0.3, 0.4) is 0 Å². The highest BCUT2D eigenvalue weighted by Crippen LogP contribution is 2.28. The van der Waals surface area contributed by atoms with Gasteiger partial charge in [0.15, 0.2) is 0 Å². The lowest BCUT2D eigenvalue weighted by molar-refractivity contribution is -0.137. The minimum Gasteiger partial charge on any atom is -0.379 e. The fourth-order valence-electron chi connectivity index (χ4n) is 1.24. The van der Waals surface area contributed by atoms with Crippen molar-refractivity contribution in [3.8, 4) is 0 Å². The van der Waals surface area contributed by atoms with Gasteiger partial charge in [0.25, 0.3) is 0 Å². The first-order valence-corrected chi connectivity index (χ1v) is 5.74. The topological polar surface area (TPSA) is 34.1 Å². The lowest BCUT2D eigenvalue weighted by Crippen LogP contribution is -2.13. The number of rotatable bonds is 6. The molecular formula is C12H17F3N2O. The highest BCUT2D eigenvalue weighted by Gasteiger charge is 2.30. The quantitative estimate of drug-likeness (QED) is 0.799. The molecule has 0 unspecified atom stereocenters. The van der Waals surface area contributed by atoms with Crippen LogP contribution >= 0.6 is 0 Å². The summed E-state index contributed by atoms with van der Waals surface area (Å²) in [6.45, 7) is 5.78. The fourth-order valence-corrected chi connectivity index (χ4v) is 1.24. The fraction of sp³-hybridized carbons (Fsp3) is 0.583. The highest BCUT2D eigenvalue weighted by molar-refractivity contribution is 5.35. The van der Waals surface area contributed by atoms with Crippen LogP contribution < -0.4 is 5.32 Å². The van der Waals surface area contributed by atoms with E-state index in [0.717, 1.165) is 12.3 Å². The highest BCUT2D eigenvalue weighted by atomic mass is 19.4. The molecule has 0 fully saturated rings. The van der Waals surface area contributed by atoms with E-state index in [-0.39, 0.29) is 0 Å².